The molecule has 0 aromatic carbocycles. The van der Waals surface area contributed by atoms with Crippen molar-refractivity contribution in [3.8, 4) is 11.8 Å². The van der Waals surface area contributed by atoms with Gasteiger partial charge in [-0.2, -0.15) is 5.26 Å². The molecule has 3 aliphatic rings. The second-order valence-corrected chi connectivity index (χ2v) is 11.4. The average molecular weight is 541 g/mol. The predicted octanol–water partition coefficient (Wildman–Crippen LogP) is 5.78. The van der Waals surface area contributed by atoms with Crippen LogP contribution < -0.4 is 15.4 Å². The molecule has 0 spiro atoms. The molecule has 210 valence electrons. The molecule has 2 aromatic rings. The highest BCUT2D eigenvalue weighted by atomic mass is 16.5. The Morgan fingerprint density at radius 2 is 1.90 bits per heavy atom. The zero-order valence-corrected chi connectivity index (χ0v) is 23.5. The summed E-state index contributed by atoms with van der Waals surface area (Å²) in [6, 6.07) is 10.3. The Labute approximate surface area is 237 Å². The molecule has 0 unspecified atom stereocenters. The maximum absolute atomic E-state index is 13.9. The van der Waals surface area contributed by atoms with Crippen molar-refractivity contribution in [3.63, 3.8) is 0 Å². The van der Waals surface area contributed by atoms with Crippen molar-refractivity contribution in [2.45, 2.75) is 82.6 Å². The van der Waals surface area contributed by atoms with E-state index in [1.165, 1.54) is 6.42 Å². The molecular formula is C32H40N6O2. The van der Waals surface area contributed by atoms with Gasteiger partial charge in [0.25, 0.3) is 0 Å². The summed E-state index contributed by atoms with van der Waals surface area (Å²) in [5.41, 5.74) is 9.05. The zero-order chi connectivity index (χ0) is 27.9. The molecule has 0 aliphatic heterocycles. The topological polar surface area (TPSA) is 117 Å². The first-order chi connectivity index (χ1) is 19.6. The Morgan fingerprint density at radius 3 is 2.58 bits per heavy atom. The number of allylic oxidation sites excluding steroid dienone is 1. The number of nitrogens with two attached hydrogens (primary N) is 1. The lowest BCUT2D eigenvalue weighted by Gasteiger charge is -2.34. The third-order valence-electron chi connectivity index (χ3n) is 8.64. The highest BCUT2D eigenvalue weighted by molar-refractivity contribution is 6.10. The monoisotopic (exact) mass is 540 g/mol. The number of amides is 1. The minimum Gasteiger partial charge on any atom is -0.494 e. The maximum atomic E-state index is 13.9. The molecular weight excluding hydrogens is 500 g/mol. The van der Waals surface area contributed by atoms with Gasteiger partial charge in [0, 0.05) is 48.3 Å². The van der Waals surface area contributed by atoms with E-state index in [-0.39, 0.29) is 11.8 Å². The van der Waals surface area contributed by atoms with E-state index >= 15 is 0 Å². The molecule has 8 nitrogen and oxygen atoms in total. The zero-order valence-electron chi connectivity index (χ0n) is 23.5. The molecule has 0 radical (unpaired) electrons. The normalized spacial score (nSPS) is 22.1. The number of methoxy groups -OCH3 is 1. The number of anilines is 1. The Bertz CT molecular complexity index is 1280. The van der Waals surface area contributed by atoms with Crippen LogP contribution in [-0.2, 0) is 4.79 Å². The van der Waals surface area contributed by atoms with Crippen LogP contribution in [0.15, 0.2) is 41.7 Å². The highest BCUT2D eigenvalue weighted by Crippen LogP contribution is 2.37. The number of hydrogen-bond donors (Lipinski definition) is 1. The Kier molecular flexibility index (Phi) is 9.10. The van der Waals surface area contributed by atoms with Crippen molar-refractivity contribution in [1.29, 1.82) is 5.26 Å². The fourth-order valence-corrected chi connectivity index (χ4v) is 6.07. The smallest absolute Gasteiger partial charge is 0.231 e. The molecule has 2 heterocycles. The molecule has 40 heavy (non-hydrogen) atoms. The van der Waals surface area contributed by atoms with Gasteiger partial charge in [0.15, 0.2) is 11.4 Å². The lowest BCUT2D eigenvalue weighted by molar-refractivity contribution is -0.123. The standard InChI is InChI=1S/C32H40N6O2/c1-40-30-14-13-28(37-29(30)19-34)23-9-7-22(8-10-23)21-38(32(39)24-5-3-2-4-6-24)31-17-25(15-16-35-31)26(18-33)20-36-27-11-12-27/h13-18,20,22-24,27H,2-12,21,33H2,1H3. The largest absolute Gasteiger partial charge is 0.494 e. The number of ether oxygens (including phenoxy) is 1. The van der Waals surface area contributed by atoms with Gasteiger partial charge in [-0.15, -0.1) is 0 Å². The fourth-order valence-electron chi connectivity index (χ4n) is 6.07. The number of nitriles is 1. The van der Waals surface area contributed by atoms with Gasteiger partial charge in [0.1, 0.15) is 11.9 Å². The summed E-state index contributed by atoms with van der Waals surface area (Å²) in [6.45, 7) is 0.663. The first-order valence-electron chi connectivity index (χ1n) is 14.8. The minimum atomic E-state index is 0.0596. The lowest BCUT2D eigenvalue weighted by Crippen LogP contribution is -2.41. The second-order valence-electron chi connectivity index (χ2n) is 11.4. The molecule has 0 atom stereocenters. The summed E-state index contributed by atoms with van der Waals surface area (Å²) in [5.74, 6) is 2.16. The first-order valence-corrected chi connectivity index (χ1v) is 14.8. The summed E-state index contributed by atoms with van der Waals surface area (Å²) in [7, 11) is 1.56. The van der Waals surface area contributed by atoms with Gasteiger partial charge in [-0.3, -0.25) is 14.7 Å². The summed E-state index contributed by atoms with van der Waals surface area (Å²) in [4.78, 5) is 29.8. The van der Waals surface area contributed by atoms with Crippen molar-refractivity contribution in [1.82, 2.24) is 9.97 Å². The molecule has 3 fully saturated rings. The number of hydrogen-bond acceptors (Lipinski definition) is 7. The second kappa shape index (κ2) is 13.1. The SMILES string of the molecule is COc1ccc(C2CCC(CN(C(=O)C3CCCCC3)c3cc(C(C=NC4CC4)=CN)ccn3)CC2)nc1C#N. The van der Waals surface area contributed by atoms with E-state index in [4.69, 9.17) is 10.5 Å². The van der Waals surface area contributed by atoms with Gasteiger partial charge in [-0.05, 0) is 87.1 Å². The summed E-state index contributed by atoms with van der Waals surface area (Å²) in [5, 5.41) is 9.45. The Hall–Kier alpha value is -3.73. The van der Waals surface area contributed by atoms with Gasteiger partial charge in [0.2, 0.25) is 5.91 Å². The first kappa shape index (κ1) is 27.8. The number of aliphatic imine (C=N–C) groups is 1. The van der Waals surface area contributed by atoms with E-state index in [0.717, 1.165) is 81.0 Å². The highest BCUT2D eigenvalue weighted by Gasteiger charge is 2.32. The number of carbonyl (C=O) groups excluding carboxylic acids is 1. The molecule has 2 aromatic heterocycles. The maximum Gasteiger partial charge on any atom is 0.231 e. The van der Waals surface area contributed by atoms with Crippen molar-refractivity contribution < 1.29 is 9.53 Å². The van der Waals surface area contributed by atoms with Crippen LogP contribution in [0.2, 0.25) is 0 Å². The number of carbonyl (C=O) groups is 1. The van der Waals surface area contributed by atoms with Crippen LogP contribution in [0.25, 0.3) is 5.57 Å². The Balaban J connectivity index is 1.32. The van der Waals surface area contributed by atoms with Gasteiger partial charge in [-0.25, -0.2) is 9.97 Å². The molecule has 3 saturated carbocycles. The number of rotatable bonds is 9. The van der Waals surface area contributed by atoms with Gasteiger partial charge in [0.05, 0.1) is 13.2 Å². The molecule has 1 amide bonds. The van der Waals surface area contributed by atoms with Crippen LogP contribution in [0.5, 0.6) is 5.75 Å². The van der Waals surface area contributed by atoms with E-state index < -0.39 is 0 Å². The third-order valence-corrected chi connectivity index (χ3v) is 8.64. The van der Waals surface area contributed by atoms with Crippen LogP contribution in [0.1, 0.15) is 93.5 Å². The summed E-state index contributed by atoms with van der Waals surface area (Å²) < 4.78 is 5.26. The lowest BCUT2D eigenvalue weighted by atomic mass is 9.79. The Morgan fingerprint density at radius 1 is 1.12 bits per heavy atom. The summed E-state index contributed by atoms with van der Waals surface area (Å²) >= 11 is 0. The third kappa shape index (κ3) is 6.70. The summed E-state index contributed by atoms with van der Waals surface area (Å²) in [6.07, 6.45) is 16.8. The molecule has 5 rings (SSSR count). The molecule has 2 N–H and O–H groups in total. The quantitative estimate of drug-likeness (QED) is 0.403. The van der Waals surface area contributed by atoms with E-state index in [1.807, 2.05) is 35.4 Å². The van der Waals surface area contributed by atoms with Crippen molar-refractivity contribution >= 4 is 23.5 Å². The van der Waals surface area contributed by atoms with E-state index in [9.17, 15) is 10.1 Å². The predicted molar refractivity (Wildman–Crippen MR) is 157 cm³/mol. The van der Waals surface area contributed by atoms with Crippen LogP contribution in [0.3, 0.4) is 0 Å². The number of nitrogens with zero attached hydrogens (tertiary/aromatic N) is 5. The molecule has 3 aliphatic carbocycles. The molecule has 8 heteroatoms. The fraction of sp³-hybridized carbons (Fsp3) is 0.531. The average Bonchev–Trinajstić information content (AvgIpc) is 3.85. The van der Waals surface area contributed by atoms with Crippen molar-refractivity contribution in [2.24, 2.45) is 22.6 Å². The van der Waals surface area contributed by atoms with Crippen LogP contribution in [-0.4, -0.2) is 41.8 Å². The van der Waals surface area contributed by atoms with Gasteiger partial charge in [-0.1, -0.05) is 19.3 Å². The van der Waals surface area contributed by atoms with Crippen LogP contribution in [0.4, 0.5) is 5.82 Å². The molecule has 0 bridgehead atoms. The molecule has 0 saturated heterocycles. The van der Waals surface area contributed by atoms with Crippen molar-refractivity contribution in [2.75, 3.05) is 18.6 Å². The van der Waals surface area contributed by atoms with E-state index in [1.54, 1.807) is 19.5 Å². The van der Waals surface area contributed by atoms with E-state index in [0.29, 0.717) is 41.7 Å². The van der Waals surface area contributed by atoms with Gasteiger partial charge >= 0.3 is 0 Å². The van der Waals surface area contributed by atoms with Crippen LogP contribution >= 0.6 is 0 Å². The van der Waals surface area contributed by atoms with Gasteiger partial charge < -0.3 is 10.5 Å². The van der Waals surface area contributed by atoms with Crippen molar-refractivity contribution in [3.05, 3.63) is 53.6 Å². The van der Waals surface area contributed by atoms with E-state index in [2.05, 4.69) is 21.0 Å². The minimum absolute atomic E-state index is 0.0596. The number of aromatic nitrogens is 2. The van der Waals surface area contributed by atoms with Crippen LogP contribution in [0, 0.1) is 23.2 Å². The number of pyridine rings is 2.